The topological polar surface area (TPSA) is 187 Å². The van der Waals surface area contributed by atoms with E-state index < -0.39 is 55.0 Å². The Hall–Kier alpha value is -3.44. The van der Waals surface area contributed by atoms with E-state index in [2.05, 4.69) is 20.9 Å². The summed E-state index contributed by atoms with van der Waals surface area (Å²) in [5.74, 6) is -3.16. The first kappa shape index (κ1) is 25.8. The molecule has 2 rings (SSSR count). The number of nitrogens with two attached hydrogens (primary N) is 1. The van der Waals surface area contributed by atoms with Crippen LogP contribution in [0.15, 0.2) is 30.5 Å². The van der Waals surface area contributed by atoms with E-state index in [1.165, 1.54) is 0 Å². The summed E-state index contributed by atoms with van der Waals surface area (Å²) in [7, 11) is 0. The summed E-state index contributed by atoms with van der Waals surface area (Å²) in [6.45, 7) is 2.70. The molecule has 0 aliphatic heterocycles. The number of nitrogens with one attached hydrogen (secondary N) is 4. The minimum atomic E-state index is -1.20. The van der Waals surface area contributed by atoms with Gasteiger partial charge in [-0.2, -0.15) is 0 Å². The maximum atomic E-state index is 12.9. The Kier molecular flexibility index (Phi) is 9.37. The SMILES string of the molecule is CC(C)CC(NC(=O)CNC(=O)C(N)CO)C(=O)NC(Cc1c[nH]c2ccccc12)C(=O)O. The summed E-state index contributed by atoms with van der Waals surface area (Å²) < 4.78 is 0. The summed E-state index contributed by atoms with van der Waals surface area (Å²) in [5.41, 5.74) is 6.97. The number of aromatic nitrogens is 1. The van der Waals surface area contributed by atoms with Crippen LogP contribution in [-0.2, 0) is 25.6 Å². The number of aliphatic hydroxyl groups is 1. The standard InChI is InChI=1S/C22H31N5O6/c1-12(2)7-17(26-19(29)10-25-20(30)15(23)11-28)21(31)27-18(22(32)33)8-13-9-24-16-6-4-3-5-14(13)16/h3-6,9,12,15,17-18,24,28H,7-8,10-11,23H2,1-2H3,(H,25,30)(H,26,29)(H,27,31)(H,32,33). The van der Waals surface area contributed by atoms with Crippen LogP contribution in [0.5, 0.6) is 0 Å². The van der Waals surface area contributed by atoms with Gasteiger partial charge in [0.1, 0.15) is 18.1 Å². The van der Waals surface area contributed by atoms with E-state index in [0.29, 0.717) is 0 Å². The van der Waals surface area contributed by atoms with Crippen molar-refractivity contribution in [2.24, 2.45) is 11.7 Å². The number of carboxylic acid groups (broad SMARTS) is 1. The van der Waals surface area contributed by atoms with Gasteiger partial charge in [0.15, 0.2) is 0 Å². The second kappa shape index (κ2) is 12.0. The minimum absolute atomic E-state index is 0.0235. The third-order valence-corrected chi connectivity index (χ3v) is 5.03. The Morgan fingerprint density at radius 2 is 1.76 bits per heavy atom. The molecule has 0 radical (unpaired) electrons. The molecule has 8 N–H and O–H groups in total. The second-order valence-electron chi connectivity index (χ2n) is 8.22. The molecule has 3 amide bonds. The summed E-state index contributed by atoms with van der Waals surface area (Å²) >= 11 is 0. The smallest absolute Gasteiger partial charge is 0.326 e. The fourth-order valence-corrected chi connectivity index (χ4v) is 3.32. The highest BCUT2D eigenvalue weighted by Gasteiger charge is 2.28. The Balaban J connectivity index is 2.05. The van der Waals surface area contributed by atoms with Crippen molar-refractivity contribution in [3.8, 4) is 0 Å². The zero-order chi connectivity index (χ0) is 24.5. The van der Waals surface area contributed by atoms with Crippen LogP contribution < -0.4 is 21.7 Å². The lowest BCUT2D eigenvalue weighted by atomic mass is 10.0. The predicted octanol–water partition coefficient (Wildman–Crippen LogP) is -0.753. The zero-order valence-corrected chi connectivity index (χ0v) is 18.6. The first-order valence-electron chi connectivity index (χ1n) is 10.6. The van der Waals surface area contributed by atoms with Crippen molar-refractivity contribution in [1.29, 1.82) is 0 Å². The number of hydrogen-bond donors (Lipinski definition) is 7. The molecule has 0 aliphatic carbocycles. The van der Waals surface area contributed by atoms with Crippen LogP contribution in [0.1, 0.15) is 25.8 Å². The quantitative estimate of drug-likeness (QED) is 0.216. The molecule has 3 unspecified atom stereocenters. The molecule has 11 nitrogen and oxygen atoms in total. The molecular formula is C22H31N5O6. The maximum absolute atomic E-state index is 12.9. The second-order valence-corrected chi connectivity index (χ2v) is 8.22. The molecule has 0 spiro atoms. The van der Waals surface area contributed by atoms with Crippen molar-refractivity contribution in [2.75, 3.05) is 13.2 Å². The highest BCUT2D eigenvalue weighted by Crippen LogP contribution is 2.19. The van der Waals surface area contributed by atoms with E-state index in [4.69, 9.17) is 10.8 Å². The first-order valence-corrected chi connectivity index (χ1v) is 10.6. The number of aromatic amines is 1. The van der Waals surface area contributed by atoms with Crippen LogP contribution in [0.25, 0.3) is 10.9 Å². The van der Waals surface area contributed by atoms with Crippen LogP contribution in [0.2, 0.25) is 0 Å². The normalized spacial score (nSPS) is 13.8. The highest BCUT2D eigenvalue weighted by atomic mass is 16.4. The van der Waals surface area contributed by atoms with Crippen LogP contribution in [-0.4, -0.2) is 70.2 Å². The molecule has 0 saturated heterocycles. The van der Waals surface area contributed by atoms with Crippen molar-refractivity contribution in [3.05, 3.63) is 36.0 Å². The fraction of sp³-hybridized carbons (Fsp3) is 0.455. The van der Waals surface area contributed by atoms with Crippen molar-refractivity contribution in [2.45, 2.75) is 44.8 Å². The number of aliphatic carboxylic acids is 1. The molecule has 1 aromatic heterocycles. The van der Waals surface area contributed by atoms with Gasteiger partial charge in [0, 0.05) is 23.5 Å². The van der Waals surface area contributed by atoms with Crippen molar-refractivity contribution >= 4 is 34.6 Å². The molecule has 3 atom stereocenters. The highest BCUT2D eigenvalue weighted by molar-refractivity contribution is 5.93. The van der Waals surface area contributed by atoms with E-state index in [0.717, 1.165) is 16.5 Å². The van der Waals surface area contributed by atoms with Crippen molar-refractivity contribution in [3.63, 3.8) is 0 Å². The molecule has 2 aromatic rings. The van der Waals surface area contributed by atoms with Crippen molar-refractivity contribution in [1.82, 2.24) is 20.9 Å². The number of hydrogen-bond acceptors (Lipinski definition) is 6. The van der Waals surface area contributed by atoms with Crippen molar-refractivity contribution < 1.29 is 29.4 Å². The van der Waals surface area contributed by atoms with E-state index in [9.17, 15) is 24.3 Å². The lowest BCUT2D eigenvalue weighted by Gasteiger charge is -2.23. The number of fused-ring (bicyclic) bond motifs is 1. The average Bonchev–Trinajstić information content (AvgIpc) is 3.18. The molecular weight excluding hydrogens is 430 g/mol. The lowest BCUT2D eigenvalue weighted by molar-refractivity contribution is -0.142. The Morgan fingerprint density at radius 1 is 1.06 bits per heavy atom. The number of carbonyl (C=O) groups is 4. The molecule has 33 heavy (non-hydrogen) atoms. The number of para-hydroxylation sites is 1. The van der Waals surface area contributed by atoms with Gasteiger partial charge in [-0.05, 0) is 24.0 Å². The minimum Gasteiger partial charge on any atom is -0.480 e. The Labute approximate surface area is 191 Å². The molecule has 1 aromatic carbocycles. The van der Waals surface area contributed by atoms with Gasteiger partial charge < -0.3 is 36.9 Å². The summed E-state index contributed by atoms with van der Waals surface area (Å²) in [6, 6.07) is 4.07. The number of H-pyrrole nitrogens is 1. The molecule has 180 valence electrons. The molecule has 0 fully saturated rings. The molecule has 0 bridgehead atoms. The number of carboxylic acids is 1. The number of rotatable bonds is 12. The van der Waals surface area contributed by atoms with Gasteiger partial charge in [-0.3, -0.25) is 14.4 Å². The van der Waals surface area contributed by atoms with Gasteiger partial charge in [0.2, 0.25) is 17.7 Å². The monoisotopic (exact) mass is 461 g/mol. The largest absolute Gasteiger partial charge is 0.480 e. The number of benzene rings is 1. The number of amides is 3. The van der Waals surface area contributed by atoms with Crippen LogP contribution >= 0.6 is 0 Å². The van der Waals surface area contributed by atoms with E-state index in [1.54, 1.807) is 6.20 Å². The summed E-state index contributed by atoms with van der Waals surface area (Å²) in [6.07, 6.45) is 2.03. The van der Waals surface area contributed by atoms with Gasteiger partial charge in [-0.15, -0.1) is 0 Å². The summed E-state index contributed by atoms with van der Waals surface area (Å²) in [4.78, 5) is 51.7. The lowest BCUT2D eigenvalue weighted by Crippen LogP contribution is -2.54. The Morgan fingerprint density at radius 3 is 2.39 bits per heavy atom. The third kappa shape index (κ3) is 7.58. The van der Waals surface area contributed by atoms with Gasteiger partial charge in [0.25, 0.3) is 0 Å². The van der Waals surface area contributed by atoms with Crippen LogP contribution in [0.3, 0.4) is 0 Å². The van der Waals surface area contributed by atoms with Crippen LogP contribution in [0, 0.1) is 5.92 Å². The molecule has 1 heterocycles. The van der Waals surface area contributed by atoms with E-state index >= 15 is 0 Å². The predicted molar refractivity (Wildman–Crippen MR) is 121 cm³/mol. The maximum Gasteiger partial charge on any atom is 0.326 e. The van der Waals surface area contributed by atoms with Gasteiger partial charge in [-0.25, -0.2) is 4.79 Å². The zero-order valence-electron chi connectivity index (χ0n) is 18.6. The molecule has 0 aliphatic rings. The third-order valence-electron chi connectivity index (χ3n) is 5.03. The fourth-order valence-electron chi connectivity index (χ4n) is 3.32. The molecule has 0 saturated carbocycles. The van der Waals surface area contributed by atoms with Gasteiger partial charge >= 0.3 is 5.97 Å². The Bertz CT molecular complexity index is 989. The first-order chi connectivity index (χ1) is 15.6. The number of carbonyl (C=O) groups excluding carboxylic acids is 3. The van der Waals surface area contributed by atoms with Gasteiger partial charge in [-0.1, -0.05) is 32.0 Å². The van der Waals surface area contributed by atoms with Crippen LogP contribution in [0.4, 0.5) is 0 Å². The van der Waals surface area contributed by atoms with E-state index in [1.807, 2.05) is 38.1 Å². The summed E-state index contributed by atoms with van der Waals surface area (Å²) in [5, 5.41) is 26.7. The van der Waals surface area contributed by atoms with E-state index in [-0.39, 0.29) is 18.8 Å². The average molecular weight is 462 g/mol. The molecule has 11 heteroatoms. The number of aliphatic hydroxyl groups excluding tert-OH is 1. The van der Waals surface area contributed by atoms with Gasteiger partial charge in [0.05, 0.1) is 13.2 Å².